The van der Waals surface area contributed by atoms with E-state index >= 15 is 0 Å². The highest BCUT2D eigenvalue weighted by Crippen LogP contribution is 2.45. The third-order valence-corrected chi connectivity index (χ3v) is 4.64. The second-order valence-electron chi connectivity index (χ2n) is 6.13. The van der Waals surface area contributed by atoms with E-state index in [4.69, 9.17) is 14.5 Å². The second-order valence-corrected chi connectivity index (χ2v) is 6.13. The van der Waals surface area contributed by atoms with Gasteiger partial charge in [-0.25, -0.2) is 0 Å². The smallest absolute Gasteiger partial charge is 0.230 e. The Morgan fingerprint density at radius 2 is 2.17 bits per heavy atom. The normalized spacial score (nSPS) is 22.9. The molecule has 0 radical (unpaired) electrons. The van der Waals surface area contributed by atoms with Crippen molar-refractivity contribution in [1.82, 2.24) is 15.1 Å². The monoisotopic (exact) mass is 320 g/mol. The van der Waals surface area contributed by atoms with E-state index in [0.717, 1.165) is 16.5 Å². The molecule has 0 N–H and O–H groups in total. The standard InChI is InChI=1S/C18H16N4O2/c1-23-18(11-19)9-14(10-18)17-21-15(22-24-17)8-13-5-2-4-12-6-3-7-20-16(12)13/h2-7,14H,8-10H2,1H3. The Morgan fingerprint density at radius 3 is 2.96 bits per heavy atom. The first-order chi connectivity index (χ1) is 11.7. The second kappa shape index (κ2) is 5.69. The van der Waals surface area contributed by atoms with E-state index in [2.05, 4.69) is 21.2 Å². The topological polar surface area (TPSA) is 84.8 Å². The maximum atomic E-state index is 9.15. The SMILES string of the molecule is COC1(C#N)CC(c2nc(Cc3cccc4cccnc34)no2)C1. The number of methoxy groups -OCH3 is 1. The molecule has 6 nitrogen and oxygen atoms in total. The molecule has 0 atom stereocenters. The third-order valence-electron chi connectivity index (χ3n) is 4.64. The van der Waals surface area contributed by atoms with Crippen LogP contribution in [0.4, 0.5) is 0 Å². The minimum atomic E-state index is -0.696. The van der Waals surface area contributed by atoms with Crippen LogP contribution in [0.25, 0.3) is 10.9 Å². The van der Waals surface area contributed by atoms with Crippen LogP contribution in [-0.2, 0) is 11.2 Å². The highest BCUT2D eigenvalue weighted by molar-refractivity contribution is 5.81. The Hall–Kier alpha value is -2.78. The van der Waals surface area contributed by atoms with Crippen molar-refractivity contribution in [2.75, 3.05) is 7.11 Å². The quantitative estimate of drug-likeness (QED) is 0.734. The molecule has 2 aromatic heterocycles. The molecule has 1 fully saturated rings. The number of benzene rings is 1. The van der Waals surface area contributed by atoms with Crippen molar-refractivity contribution in [3.05, 3.63) is 53.8 Å². The molecule has 0 spiro atoms. The van der Waals surface area contributed by atoms with Gasteiger partial charge < -0.3 is 9.26 Å². The van der Waals surface area contributed by atoms with Crippen LogP contribution in [0.15, 0.2) is 41.1 Å². The number of ether oxygens (including phenoxy) is 1. The number of nitriles is 1. The lowest BCUT2D eigenvalue weighted by Crippen LogP contribution is -2.43. The molecule has 0 aliphatic heterocycles. The number of para-hydroxylation sites is 1. The van der Waals surface area contributed by atoms with Gasteiger partial charge in [0.05, 0.1) is 11.6 Å². The Morgan fingerprint density at radius 1 is 1.33 bits per heavy atom. The van der Waals surface area contributed by atoms with Crippen LogP contribution in [0, 0.1) is 11.3 Å². The van der Waals surface area contributed by atoms with E-state index < -0.39 is 5.60 Å². The molecule has 1 saturated carbocycles. The van der Waals surface area contributed by atoms with Gasteiger partial charge in [0.25, 0.3) is 0 Å². The maximum Gasteiger partial charge on any atom is 0.230 e. The fourth-order valence-electron chi connectivity index (χ4n) is 3.20. The predicted molar refractivity (Wildman–Crippen MR) is 86.2 cm³/mol. The van der Waals surface area contributed by atoms with Crippen molar-refractivity contribution >= 4 is 10.9 Å². The summed E-state index contributed by atoms with van der Waals surface area (Å²) in [4.78, 5) is 8.95. The number of nitrogens with zero attached hydrogens (tertiary/aromatic N) is 4. The summed E-state index contributed by atoms with van der Waals surface area (Å²) in [6.07, 6.45) is 3.54. The lowest BCUT2D eigenvalue weighted by molar-refractivity contribution is -0.0438. The first kappa shape index (κ1) is 14.8. The van der Waals surface area contributed by atoms with Crippen molar-refractivity contribution in [3.63, 3.8) is 0 Å². The molecule has 0 amide bonds. The van der Waals surface area contributed by atoms with Crippen molar-refractivity contribution in [1.29, 1.82) is 5.26 Å². The zero-order valence-corrected chi connectivity index (χ0v) is 13.3. The van der Waals surface area contributed by atoms with Crippen molar-refractivity contribution in [2.45, 2.75) is 30.8 Å². The van der Waals surface area contributed by atoms with E-state index in [1.54, 1.807) is 13.3 Å². The fourth-order valence-corrected chi connectivity index (χ4v) is 3.20. The molecule has 2 heterocycles. The molecular formula is C18H16N4O2. The van der Waals surface area contributed by atoms with Gasteiger partial charge in [-0.3, -0.25) is 4.98 Å². The van der Waals surface area contributed by atoms with Crippen LogP contribution < -0.4 is 0 Å². The number of rotatable bonds is 4. The molecule has 0 unspecified atom stereocenters. The van der Waals surface area contributed by atoms with E-state index in [9.17, 15) is 0 Å². The number of hydrogen-bond donors (Lipinski definition) is 0. The van der Waals surface area contributed by atoms with E-state index in [-0.39, 0.29) is 5.92 Å². The van der Waals surface area contributed by atoms with Gasteiger partial charge in [0.2, 0.25) is 5.89 Å². The molecule has 24 heavy (non-hydrogen) atoms. The van der Waals surface area contributed by atoms with Crippen molar-refractivity contribution in [3.8, 4) is 6.07 Å². The van der Waals surface area contributed by atoms with Gasteiger partial charge in [0.15, 0.2) is 11.4 Å². The molecule has 3 aromatic rings. The molecular weight excluding hydrogens is 304 g/mol. The summed E-state index contributed by atoms with van der Waals surface area (Å²) >= 11 is 0. The summed E-state index contributed by atoms with van der Waals surface area (Å²) in [6, 6.07) is 12.2. The van der Waals surface area contributed by atoms with Crippen molar-refractivity contribution in [2.24, 2.45) is 0 Å². The highest BCUT2D eigenvalue weighted by Gasteiger charge is 2.48. The van der Waals surface area contributed by atoms with Gasteiger partial charge in [-0.15, -0.1) is 0 Å². The van der Waals surface area contributed by atoms with E-state index in [1.807, 2.05) is 30.3 Å². The van der Waals surface area contributed by atoms with Crippen LogP contribution in [-0.4, -0.2) is 27.8 Å². The minimum absolute atomic E-state index is 0.0940. The summed E-state index contributed by atoms with van der Waals surface area (Å²) in [5.41, 5.74) is 1.33. The summed E-state index contributed by atoms with van der Waals surface area (Å²) in [6.45, 7) is 0. The first-order valence-electron chi connectivity index (χ1n) is 7.84. The average molecular weight is 320 g/mol. The molecule has 0 saturated heterocycles. The average Bonchev–Trinajstić information content (AvgIpc) is 3.04. The van der Waals surface area contributed by atoms with E-state index in [1.165, 1.54) is 0 Å². The molecule has 4 rings (SSSR count). The zero-order valence-electron chi connectivity index (χ0n) is 13.3. The van der Waals surface area contributed by atoms with Crippen LogP contribution in [0.3, 0.4) is 0 Å². The Labute approximate surface area is 139 Å². The van der Waals surface area contributed by atoms with Gasteiger partial charge in [0, 0.05) is 43.9 Å². The molecule has 120 valence electrons. The molecule has 1 aromatic carbocycles. The van der Waals surface area contributed by atoms with Gasteiger partial charge in [-0.2, -0.15) is 10.2 Å². The predicted octanol–water partition coefficient (Wildman–Crippen LogP) is 2.99. The van der Waals surface area contributed by atoms with Crippen LogP contribution in [0.5, 0.6) is 0 Å². The number of pyridine rings is 1. The van der Waals surface area contributed by atoms with Gasteiger partial charge in [-0.05, 0) is 11.6 Å². The highest BCUT2D eigenvalue weighted by atomic mass is 16.5. The lowest BCUT2D eigenvalue weighted by atomic mass is 9.71. The Kier molecular flexibility index (Phi) is 3.51. The zero-order chi connectivity index (χ0) is 16.6. The van der Waals surface area contributed by atoms with Crippen LogP contribution >= 0.6 is 0 Å². The van der Waals surface area contributed by atoms with Gasteiger partial charge in [-0.1, -0.05) is 29.4 Å². The fraction of sp³-hybridized carbons (Fsp3) is 0.333. The largest absolute Gasteiger partial charge is 0.363 e. The van der Waals surface area contributed by atoms with Crippen molar-refractivity contribution < 1.29 is 9.26 Å². The molecule has 1 aliphatic carbocycles. The summed E-state index contributed by atoms with van der Waals surface area (Å²) in [5, 5.41) is 14.3. The molecule has 0 bridgehead atoms. The van der Waals surface area contributed by atoms with E-state index in [0.29, 0.717) is 31.0 Å². The van der Waals surface area contributed by atoms with Crippen LogP contribution in [0.2, 0.25) is 0 Å². The summed E-state index contributed by atoms with van der Waals surface area (Å²) < 4.78 is 10.7. The lowest BCUT2D eigenvalue weighted by Gasteiger charge is -2.39. The Bertz CT molecular complexity index is 917. The maximum absolute atomic E-state index is 9.15. The van der Waals surface area contributed by atoms with Gasteiger partial charge in [0.1, 0.15) is 0 Å². The van der Waals surface area contributed by atoms with Gasteiger partial charge >= 0.3 is 0 Å². The molecule has 6 heteroatoms. The minimum Gasteiger partial charge on any atom is -0.363 e. The number of fused-ring (bicyclic) bond motifs is 1. The molecule has 1 aliphatic rings. The summed E-state index contributed by atoms with van der Waals surface area (Å²) in [5.74, 6) is 1.31. The Balaban J connectivity index is 1.53. The third kappa shape index (κ3) is 2.43. The first-order valence-corrected chi connectivity index (χ1v) is 7.84. The summed E-state index contributed by atoms with van der Waals surface area (Å²) in [7, 11) is 1.56. The van der Waals surface area contributed by atoms with Crippen LogP contribution in [0.1, 0.15) is 36.0 Å². The number of aromatic nitrogens is 3. The number of hydrogen-bond acceptors (Lipinski definition) is 6.